The van der Waals surface area contributed by atoms with Gasteiger partial charge in [-0.15, -0.1) is 0 Å². The highest BCUT2D eigenvalue weighted by Gasteiger charge is 2.34. The van der Waals surface area contributed by atoms with Crippen molar-refractivity contribution in [2.24, 2.45) is 10.9 Å². The van der Waals surface area contributed by atoms with Crippen LogP contribution in [0.2, 0.25) is 0 Å². The fourth-order valence-corrected chi connectivity index (χ4v) is 1.98. The topological polar surface area (TPSA) is 52.8 Å². The molecular weight excluding hydrogens is 166 g/mol. The third-order valence-corrected chi connectivity index (χ3v) is 2.76. The van der Waals surface area contributed by atoms with E-state index in [0.717, 1.165) is 13.0 Å². The summed E-state index contributed by atoms with van der Waals surface area (Å²) in [6.07, 6.45) is 2.11. The summed E-state index contributed by atoms with van der Waals surface area (Å²) in [7, 11) is 0. The summed E-state index contributed by atoms with van der Waals surface area (Å²) in [6.45, 7) is 4.77. The predicted octanol–water partition coefficient (Wildman–Crippen LogP) is 0.991. The minimum atomic E-state index is -0.855. The van der Waals surface area contributed by atoms with E-state index < -0.39 is 5.60 Å². The lowest BCUT2D eigenvalue weighted by Crippen LogP contribution is -2.41. The van der Waals surface area contributed by atoms with E-state index in [9.17, 15) is 5.11 Å². The second-order valence-corrected chi connectivity index (χ2v) is 3.95. The molecule has 2 atom stereocenters. The molecule has 0 aromatic rings. The lowest BCUT2D eigenvalue weighted by Gasteiger charge is -2.34. The molecule has 76 valence electrons. The van der Waals surface area contributed by atoms with Gasteiger partial charge in [-0.2, -0.15) is 0 Å². The smallest absolute Gasteiger partial charge is 0.0887 e. The van der Waals surface area contributed by atoms with Gasteiger partial charge in [0.25, 0.3) is 0 Å². The molecule has 2 N–H and O–H groups in total. The van der Waals surface area contributed by atoms with Gasteiger partial charge in [-0.05, 0) is 32.1 Å². The first-order chi connectivity index (χ1) is 6.11. The molecule has 0 heterocycles. The van der Waals surface area contributed by atoms with E-state index in [1.54, 1.807) is 0 Å². The molecule has 0 aliphatic heterocycles. The van der Waals surface area contributed by atoms with Crippen molar-refractivity contribution in [2.75, 3.05) is 13.2 Å². The second kappa shape index (κ2) is 4.20. The van der Waals surface area contributed by atoms with Crippen molar-refractivity contribution in [3.63, 3.8) is 0 Å². The molecule has 1 fully saturated rings. The zero-order valence-electron chi connectivity index (χ0n) is 8.45. The Kier molecular flexibility index (Phi) is 3.45. The van der Waals surface area contributed by atoms with Crippen molar-refractivity contribution in [3.8, 4) is 0 Å². The van der Waals surface area contributed by atoms with E-state index in [1.165, 1.54) is 5.71 Å². The van der Waals surface area contributed by atoms with Crippen LogP contribution in [0.4, 0.5) is 0 Å². The minimum absolute atomic E-state index is 0.128. The fraction of sp³-hybridized carbons (Fsp3) is 0.900. The van der Waals surface area contributed by atoms with E-state index in [2.05, 4.69) is 11.9 Å². The number of hydrogen-bond acceptors (Lipinski definition) is 3. The van der Waals surface area contributed by atoms with Crippen molar-refractivity contribution in [2.45, 2.75) is 38.7 Å². The zero-order chi connectivity index (χ0) is 9.90. The molecule has 1 aliphatic rings. The SMILES string of the molecule is CCN=C1CCC(O)(CO)CC1C. The normalized spacial score (nSPS) is 38.2. The van der Waals surface area contributed by atoms with Gasteiger partial charge >= 0.3 is 0 Å². The number of rotatable bonds is 2. The summed E-state index contributed by atoms with van der Waals surface area (Å²) < 4.78 is 0. The molecule has 0 aromatic carbocycles. The number of aliphatic hydroxyl groups excluding tert-OH is 1. The maximum absolute atomic E-state index is 9.83. The molecule has 0 aromatic heterocycles. The first-order valence-corrected chi connectivity index (χ1v) is 4.98. The van der Waals surface area contributed by atoms with Gasteiger partial charge in [0.15, 0.2) is 0 Å². The second-order valence-electron chi connectivity index (χ2n) is 3.95. The molecule has 3 nitrogen and oxygen atoms in total. The van der Waals surface area contributed by atoms with Gasteiger partial charge in [0.1, 0.15) is 0 Å². The van der Waals surface area contributed by atoms with E-state index in [0.29, 0.717) is 18.8 Å². The lowest BCUT2D eigenvalue weighted by atomic mass is 9.78. The summed E-state index contributed by atoms with van der Waals surface area (Å²) in [5.41, 5.74) is 0.340. The van der Waals surface area contributed by atoms with E-state index in [4.69, 9.17) is 5.11 Å². The van der Waals surface area contributed by atoms with Crippen LogP contribution in [0, 0.1) is 5.92 Å². The maximum atomic E-state index is 9.83. The van der Waals surface area contributed by atoms with Crippen LogP contribution < -0.4 is 0 Å². The Bertz CT molecular complexity index is 203. The van der Waals surface area contributed by atoms with Gasteiger partial charge in [-0.25, -0.2) is 0 Å². The van der Waals surface area contributed by atoms with Crippen LogP contribution >= 0.6 is 0 Å². The Morgan fingerprint density at radius 2 is 2.31 bits per heavy atom. The van der Waals surface area contributed by atoms with Crippen LogP contribution in [0.15, 0.2) is 4.99 Å². The molecule has 1 aliphatic carbocycles. The van der Waals surface area contributed by atoms with Crippen molar-refractivity contribution < 1.29 is 10.2 Å². The van der Waals surface area contributed by atoms with Crippen molar-refractivity contribution in [1.29, 1.82) is 0 Å². The fourth-order valence-electron chi connectivity index (χ4n) is 1.98. The number of aliphatic imine (C=N–C) groups is 1. The average molecular weight is 185 g/mol. The summed E-state index contributed by atoms with van der Waals surface area (Å²) in [4.78, 5) is 4.39. The van der Waals surface area contributed by atoms with Gasteiger partial charge in [-0.1, -0.05) is 6.92 Å². The van der Waals surface area contributed by atoms with Crippen molar-refractivity contribution >= 4 is 5.71 Å². The van der Waals surface area contributed by atoms with Gasteiger partial charge in [0, 0.05) is 12.3 Å². The van der Waals surface area contributed by atoms with Crippen molar-refractivity contribution in [3.05, 3.63) is 0 Å². The highest BCUT2D eigenvalue weighted by Crippen LogP contribution is 2.30. The van der Waals surface area contributed by atoms with Gasteiger partial charge in [0.2, 0.25) is 0 Å². The highest BCUT2D eigenvalue weighted by atomic mass is 16.3. The van der Waals surface area contributed by atoms with E-state index in [-0.39, 0.29) is 6.61 Å². The Hall–Kier alpha value is -0.410. The minimum Gasteiger partial charge on any atom is -0.393 e. The molecule has 1 saturated carbocycles. The molecule has 0 saturated heterocycles. The monoisotopic (exact) mass is 185 g/mol. The van der Waals surface area contributed by atoms with Gasteiger partial charge in [0.05, 0.1) is 12.2 Å². The van der Waals surface area contributed by atoms with Crippen LogP contribution in [-0.2, 0) is 0 Å². The number of nitrogens with zero attached hydrogens (tertiary/aromatic N) is 1. The summed E-state index contributed by atoms with van der Waals surface area (Å²) in [5.74, 6) is 0.311. The molecule has 0 spiro atoms. The first-order valence-electron chi connectivity index (χ1n) is 4.98. The van der Waals surface area contributed by atoms with E-state index in [1.807, 2.05) is 6.92 Å². The third-order valence-electron chi connectivity index (χ3n) is 2.76. The highest BCUT2D eigenvalue weighted by molar-refractivity contribution is 5.87. The molecule has 3 heteroatoms. The Morgan fingerprint density at radius 3 is 2.77 bits per heavy atom. The van der Waals surface area contributed by atoms with Gasteiger partial charge in [-0.3, -0.25) is 4.99 Å². The Labute approximate surface area is 79.5 Å². The standard InChI is InChI=1S/C10H19NO2/c1-3-11-9-4-5-10(13,7-12)6-8(9)2/h8,12-13H,3-7H2,1-2H3. The van der Waals surface area contributed by atoms with Crippen LogP contribution in [0.25, 0.3) is 0 Å². The van der Waals surface area contributed by atoms with Crippen LogP contribution in [0.3, 0.4) is 0 Å². The largest absolute Gasteiger partial charge is 0.393 e. The molecular formula is C10H19NO2. The maximum Gasteiger partial charge on any atom is 0.0887 e. The average Bonchev–Trinajstić information content (AvgIpc) is 2.11. The number of aliphatic hydroxyl groups is 2. The Morgan fingerprint density at radius 1 is 1.62 bits per heavy atom. The molecule has 13 heavy (non-hydrogen) atoms. The van der Waals surface area contributed by atoms with Gasteiger partial charge < -0.3 is 10.2 Å². The van der Waals surface area contributed by atoms with Crippen LogP contribution in [-0.4, -0.2) is 34.7 Å². The zero-order valence-corrected chi connectivity index (χ0v) is 8.45. The van der Waals surface area contributed by atoms with Crippen LogP contribution in [0.1, 0.15) is 33.1 Å². The number of hydrogen-bond donors (Lipinski definition) is 2. The Balaban J connectivity index is 2.61. The van der Waals surface area contributed by atoms with Crippen LogP contribution in [0.5, 0.6) is 0 Å². The quantitative estimate of drug-likeness (QED) is 0.674. The third kappa shape index (κ3) is 2.51. The molecule has 0 amide bonds. The molecule has 1 rings (SSSR count). The van der Waals surface area contributed by atoms with Crippen molar-refractivity contribution in [1.82, 2.24) is 0 Å². The summed E-state index contributed by atoms with van der Waals surface area (Å²) in [6, 6.07) is 0. The molecule has 2 unspecified atom stereocenters. The molecule has 0 bridgehead atoms. The summed E-state index contributed by atoms with van der Waals surface area (Å²) in [5, 5.41) is 18.8. The summed E-state index contributed by atoms with van der Waals surface area (Å²) >= 11 is 0. The molecule has 0 radical (unpaired) electrons. The first kappa shape index (κ1) is 10.7. The predicted molar refractivity (Wildman–Crippen MR) is 53.0 cm³/mol. The van der Waals surface area contributed by atoms with E-state index >= 15 is 0 Å². The lowest BCUT2D eigenvalue weighted by molar-refractivity contribution is -0.0376.